The predicted octanol–water partition coefficient (Wildman–Crippen LogP) is 1.92. The molecule has 0 aliphatic rings. The van der Waals surface area contributed by atoms with Gasteiger partial charge in [0.05, 0.1) is 12.7 Å². The van der Waals surface area contributed by atoms with Gasteiger partial charge in [-0.3, -0.25) is 9.59 Å². The molecule has 0 unspecified atom stereocenters. The van der Waals surface area contributed by atoms with E-state index in [9.17, 15) is 14.0 Å². The standard InChI is InChI=1S/C19H17FN4O2/c1-2-23-13-24(17-6-4-3-5-16(17)23)12-19(26)21-11-18(25)22-15-9-7-14(20)8-10-15/h2-10,13H,1,11-12H2,(H-,21,22,25,26)/p+1. The van der Waals surface area contributed by atoms with Crippen LogP contribution in [-0.2, 0) is 16.1 Å². The minimum atomic E-state index is -0.386. The summed E-state index contributed by atoms with van der Waals surface area (Å²) >= 11 is 0. The summed E-state index contributed by atoms with van der Waals surface area (Å²) in [6, 6.07) is 13.0. The normalized spacial score (nSPS) is 10.5. The van der Waals surface area contributed by atoms with Gasteiger partial charge in [0.25, 0.3) is 5.91 Å². The van der Waals surface area contributed by atoms with Gasteiger partial charge in [0.2, 0.25) is 12.2 Å². The molecule has 0 aliphatic heterocycles. The minimum absolute atomic E-state index is 0.0746. The Morgan fingerprint density at radius 1 is 1.12 bits per heavy atom. The Hall–Kier alpha value is -3.48. The summed E-state index contributed by atoms with van der Waals surface area (Å²) in [5, 5.41) is 5.16. The first-order valence-electron chi connectivity index (χ1n) is 8.00. The average molecular weight is 353 g/mol. The number of benzene rings is 2. The maximum Gasteiger partial charge on any atom is 0.262 e. The Bertz CT molecular complexity index is 963. The number of fused-ring (bicyclic) bond motifs is 1. The molecule has 3 aromatic rings. The number of carbonyl (C=O) groups excluding carboxylic acids is 2. The second-order valence-electron chi connectivity index (χ2n) is 5.65. The fourth-order valence-corrected chi connectivity index (χ4v) is 2.60. The third kappa shape index (κ3) is 3.94. The van der Waals surface area contributed by atoms with E-state index in [-0.39, 0.29) is 30.7 Å². The van der Waals surface area contributed by atoms with Crippen molar-refractivity contribution >= 4 is 34.7 Å². The van der Waals surface area contributed by atoms with Crippen LogP contribution >= 0.6 is 0 Å². The molecule has 0 bridgehead atoms. The molecule has 0 saturated carbocycles. The topological polar surface area (TPSA) is 67.0 Å². The maximum absolute atomic E-state index is 12.8. The Morgan fingerprint density at radius 2 is 1.85 bits per heavy atom. The lowest BCUT2D eigenvalue weighted by molar-refractivity contribution is -0.658. The molecule has 2 aromatic carbocycles. The summed E-state index contributed by atoms with van der Waals surface area (Å²) in [6.07, 6.45) is 3.43. The van der Waals surface area contributed by atoms with E-state index in [1.165, 1.54) is 24.3 Å². The Morgan fingerprint density at radius 3 is 2.58 bits per heavy atom. The number of hydrogen-bond donors (Lipinski definition) is 2. The number of aromatic nitrogens is 2. The summed E-state index contributed by atoms with van der Waals surface area (Å²) in [5.41, 5.74) is 2.29. The van der Waals surface area contributed by atoms with Gasteiger partial charge in [0.15, 0.2) is 17.6 Å². The molecule has 1 heterocycles. The summed E-state index contributed by atoms with van der Waals surface area (Å²) < 4.78 is 16.4. The summed E-state index contributed by atoms with van der Waals surface area (Å²) in [4.78, 5) is 24.0. The highest BCUT2D eigenvalue weighted by Crippen LogP contribution is 2.10. The Balaban J connectivity index is 1.58. The predicted molar refractivity (Wildman–Crippen MR) is 96.6 cm³/mol. The molecule has 6 nitrogen and oxygen atoms in total. The molecule has 2 amide bonds. The molecule has 7 heteroatoms. The zero-order valence-corrected chi connectivity index (χ0v) is 14.0. The smallest absolute Gasteiger partial charge is 0.262 e. The third-order valence-corrected chi connectivity index (χ3v) is 3.82. The first-order chi connectivity index (χ1) is 12.6. The van der Waals surface area contributed by atoms with E-state index in [0.29, 0.717) is 5.69 Å². The van der Waals surface area contributed by atoms with Crippen LogP contribution in [0.1, 0.15) is 0 Å². The van der Waals surface area contributed by atoms with Crippen molar-refractivity contribution in [1.29, 1.82) is 0 Å². The SMILES string of the molecule is C=Cn1c[n+](CC(=O)NCC(=O)Nc2ccc(F)cc2)c2ccccc21. The number of carbonyl (C=O) groups is 2. The highest BCUT2D eigenvalue weighted by atomic mass is 19.1. The van der Waals surface area contributed by atoms with Gasteiger partial charge in [-0.25, -0.2) is 13.5 Å². The van der Waals surface area contributed by atoms with E-state index in [4.69, 9.17) is 0 Å². The molecule has 2 N–H and O–H groups in total. The summed E-state index contributed by atoms with van der Waals surface area (Å²) in [5.74, 6) is -1.06. The highest BCUT2D eigenvalue weighted by molar-refractivity contribution is 5.94. The average Bonchev–Trinajstić information content (AvgIpc) is 3.00. The second kappa shape index (κ2) is 7.60. The number of nitrogens with one attached hydrogen (secondary N) is 2. The van der Waals surface area contributed by atoms with Crippen LogP contribution in [-0.4, -0.2) is 22.9 Å². The van der Waals surface area contributed by atoms with E-state index in [0.717, 1.165) is 11.0 Å². The molecule has 132 valence electrons. The van der Waals surface area contributed by atoms with Crippen LogP contribution in [0.4, 0.5) is 10.1 Å². The number of halogens is 1. The molecule has 1 aromatic heterocycles. The minimum Gasteiger partial charge on any atom is -0.344 e. The van der Waals surface area contributed by atoms with Gasteiger partial charge in [-0.05, 0) is 36.4 Å². The van der Waals surface area contributed by atoms with Crippen molar-refractivity contribution in [3.05, 3.63) is 67.3 Å². The Labute approximate surface area is 149 Å². The van der Waals surface area contributed by atoms with Crippen molar-refractivity contribution in [2.24, 2.45) is 0 Å². The van der Waals surface area contributed by atoms with Gasteiger partial charge in [-0.15, -0.1) is 0 Å². The van der Waals surface area contributed by atoms with Crippen LogP contribution in [0.15, 0.2) is 61.4 Å². The van der Waals surface area contributed by atoms with Crippen LogP contribution in [0.25, 0.3) is 17.2 Å². The molecule has 0 saturated heterocycles. The number of anilines is 1. The molecule has 0 aliphatic carbocycles. The largest absolute Gasteiger partial charge is 0.344 e. The molecule has 26 heavy (non-hydrogen) atoms. The van der Waals surface area contributed by atoms with Crippen molar-refractivity contribution < 1.29 is 18.5 Å². The fourth-order valence-electron chi connectivity index (χ4n) is 2.60. The number of nitrogens with zero attached hydrogens (tertiary/aromatic N) is 2. The molecule has 0 fully saturated rings. The number of amides is 2. The maximum atomic E-state index is 12.8. The Kier molecular flexibility index (Phi) is 5.07. The van der Waals surface area contributed by atoms with E-state index in [1.807, 2.05) is 28.8 Å². The van der Waals surface area contributed by atoms with Crippen LogP contribution < -0.4 is 15.2 Å². The zero-order valence-electron chi connectivity index (χ0n) is 14.0. The lowest BCUT2D eigenvalue weighted by Gasteiger charge is -2.06. The highest BCUT2D eigenvalue weighted by Gasteiger charge is 2.16. The lowest BCUT2D eigenvalue weighted by Crippen LogP contribution is -2.44. The van der Waals surface area contributed by atoms with Crippen LogP contribution in [0.2, 0.25) is 0 Å². The van der Waals surface area contributed by atoms with Crippen LogP contribution in [0.3, 0.4) is 0 Å². The van der Waals surface area contributed by atoms with Gasteiger partial charge in [-0.2, -0.15) is 0 Å². The third-order valence-electron chi connectivity index (χ3n) is 3.82. The molecular formula is C19H18FN4O2+. The molecule has 0 spiro atoms. The number of hydrogen-bond acceptors (Lipinski definition) is 2. The quantitative estimate of drug-likeness (QED) is 0.665. The number of para-hydroxylation sites is 2. The van der Waals surface area contributed by atoms with Gasteiger partial charge in [0, 0.05) is 5.69 Å². The van der Waals surface area contributed by atoms with Gasteiger partial charge >= 0.3 is 0 Å². The van der Waals surface area contributed by atoms with Crippen molar-refractivity contribution in [2.75, 3.05) is 11.9 Å². The van der Waals surface area contributed by atoms with E-state index >= 15 is 0 Å². The molecule has 0 atom stereocenters. The van der Waals surface area contributed by atoms with Crippen molar-refractivity contribution in [3.8, 4) is 0 Å². The first-order valence-corrected chi connectivity index (χ1v) is 8.00. The summed E-state index contributed by atoms with van der Waals surface area (Å²) in [6.45, 7) is 3.66. The molecule has 3 rings (SSSR count). The van der Waals surface area contributed by atoms with E-state index < -0.39 is 0 Å². The molecule has 0 radical (unpaired) electrons. The van der Waals surface area contributed by atoms with Crippen molar-refractivity contribution in [3.63, 3.8) is 0 Å². The zero-order chi connectivity index (χ0) is 18.5. The van der Waals surface area contributed by atoms with E-state index in [1.54, 1.807) is 17.1 Å². The van der Waals surface area contributed by atoms with Crippen molar-refractivity contribution in [2.45, 2.75) is 6.54 Å². The van der Waals surface area contributed by atoms with Crippen LogP contribution in [0, 0.1) is 5.82 Å². The summed E-state index contributed by atoms with van der Waals surface area (Å²) in [7, 11) is 0. The van der Waals surface area contributed by atoms with E-state index in [2.05, 4.69) is 17.2 Å². The number of rotatable bonds is 6. The lowest BCUT2D eigenvalue weighted by atomic mass is 10.3. The van der Waals surface area contributed by atoms with Crippen LogP contribution in [0.5, 0.6) is 0 Å². The fraction of sp³-hybridized carbons (Fsp3) is 0.105. The second-order valence-corrected chi connectivity index (χ2v) is 5.65. The van der Waals surface area contributed by atoms with Gasteiger partial charge in [0.1, 0.15) is 5.82 Å². The first kappa shape index (κ1) is 17.3. The van der Waals surface area contributed by atoms with Gasteiger partial charge < -0.3 is 10.6 Å². The monoisotopic (exact) mass is 353 g/mol. The number of imidazole rings is 1. The van der Waals surface area contributed by atoms with Crippen molar-refractivity contribution in [1.82, 2.24) is 9.88 Å². The van der Waals surface area contributed by atoms with Gasteiger partial charge in [-0.1, -0.05) is 18.7 Å². The molecular weight excluding hydrogens is 335 g/mol.